The van der Waals surface area contributed by atoms with Gasteiger partial charge in [-0.25, -0.2) is 9.59 Å². The smallest absolute Gasteiger partial charge is 0.338 e. The average Bonchev–Trinajstić information content (AvgIpc) is 2.62. The molecule has 1 aromatic carbocycles. The van der Waals surface area contributed by atoms with E-state index in [0.29, 0.717) is 23.8 Å². The lowest BCUT2D eigenvalue weighted by Crippen LogP contribution is -2.45. The van der Waals surface area contributed by atoms with Crippen molar-refractivity contribution < 1.29 is 14.3 Å². The maximum Gasteiger partial charge on any atom is 0.338 e. The number of ether oxygens (including phenoxy) is 1. The van der Waals surface area contributed by atoms with Crippen molar-refractivity contribution in [2.75, 3.05) is 24.6 Å². The molecule has 2 rings (SSSR count). The Balaban J connectivity index is 2.25. The van der Waals surface area contributed by atoms with Gasteiger partial charge in [-0.2, -0.15) is 0 Å². The van der Waals surface area contributed by atoms with Crippen molar-refractivity contribution in [3.05, 3.63) is 41.1 Å². The van der Waals surface area contributed by atoms with Crippen molar-refractivity contribution >= 4 is 17.7 Å². The highest BCUT2D eigenvalue weighted by Crippen LogP contribution is 2.29. The van der Waals surface area contributed by atoms with E-state index in [-0.39, 0.29) is 6.03 Å². The molecule has 1 heterocycles. The Bertz CT molecular complexity index is 691. The van der Waals surface area contributed by atoms with Crippen molar-refractivity contribution in [3.63, 3.8) is 0 Å². The van der Waals surface area contributed by atoms with E-state index >= 15 is 0 Å². The van der Waals surface area contributed by atoms with E-state index in [1.165, 1.54) is 0 Å². The highest BCUT2D eigenvalue weighted by Gasteiger charge is 2.32. The predicted molar refractivity (Wildman–Crippen MR) is 108 cm³/mol. The maximum atomic E-state index is 12.7. The summed E-state index contributed by atoms with van der Waals surface area (Å²) in [6.45, 7) is 12.3. The van der Waals surface area contributed by atoms with Gasteiger partial charge in [0.25, 0.3) is 0 Å². The number of carbonyl (C=O) groups excluding carboxylic acids is 2. The van der Waals surface area contributed by atoms with Gasteiger partial charge in [-0.15, -0.1) is 0 Å². The summed E-state index contributed by atoms with van der Waals surface area (Å²) in [6.07, 6.45) is 0.807. The van der Waals surface area contributed by atoms with Crippen LogP contribution in [0.2, 0.25) is 0 Å². The Morgan fingerprint density at radius 2 is 1.81 bits per heavy atom. The number of hydrogen-bond acceptors (Lipinski definition) is 4. The third-order valence-corrected chi connectivity index (χ3v) is 4.77. The quantitative estimate of drug-likeness (QED) is 0.681. The topological polar surface area (TPSA) is 70.7 Å². The lowest BCUT2D eigenvalue weighted by Gasteiger charge is -2.29. The van der Waals surface area contributed by atoms with Gasteiger partial charge in [-0.05, 0) is 50.8 Å². The molecular formula is C21H31N3O3. The number of nitrogens with zero attached hydrogens (tertiary/aromatic N) is 1. The Labute approximate surface area is 162 Å². The van der Waals surface area contributed by atoms with Gasteiger partial charge in [0.1, 0.15) is 0 Å². The molecule has 0 saturated carbocycles. The van der Waals surface area contributed by atoms with Crippen molar-refractivity contribution in [1.82, 2.24) is 10.6 Å². The molecule has 148 valence electrons. The summed E-state index contributed by atoms with van der Waals surface area (Å²) >= 11 is 0. The van der Waals surface area contributed by atoms with Gasteiger partial charge in [0, 0.05) is 24.5 Å². The summed E-state index contributed by atoms with van der Waals surface area (Å²) in [5.74, 6) is 0.0685. The van der Waals surface area contributed by atoms with Gasteiger partial charge < -0.3 is 20.3 Å². The van der Waals surface area contributed by atoms with Crippen molar-refractivity contribution in [2.24, 2.45) is 5.92 Å². The number of nitrogens with one attached hydrogen (secondary N) is 2. The van der Waals surface area contributed by atoms with Gasteiger partial charge in [0.2, 0.25) is 0 Å². The number of anilines is 1. The van der Waals surface area contributed by atoms with Crippen molar-refractivity contribution in [2.45, 2.75) is 47.1 Å². The number of amides is 2. The number of allylic oxidation sites excluding steroid dienone is 1. The van der Waals surface area contributed by atoms with E-state index in [4.69, 9.17) is 4.74 Å². The van der Waals surface area contributed by atoms with Gasteiger partial charge in [0.15, 0.2) is 0 Å². The molecule has 0 aliphatic carbocycles. The first-order chi connectivity index (χ1) is 12.9. The third-order valence-electron chi connectivity index (χ3n) is 4.77. The molecule has 6 heteroatoms. The minimum Gasteiger partial charge on any atom is -0.462 e. The molecule has 2 amide bonds. The van der Waals surface area contributed by atoms with Crippen molar-refractivity contribution in [1.29, 1.82) is 0 Å². The Hall–Kier alpha value is -2.50. The molecule has 1 atom stereocenters. The van der Waals surface area contributed by atoms with Gasteiger partial charge >= 0.3 is 12.0 Å². The fraction of sp³-hybridized carbons (Fsp3) is 0.524. The van der Waals surface area contributed by atoms with E-state index in [1.54, 1.807) is 6.92 Å². The molecule has 6 nitrogen and oxygen atoms in total. The molecular weight excluding hydrogens is 342 g/mol. The first-order valence-electron chi connectivity index (χ1n) is 9.67. The Kier molecular flexibility index (Phi) is 7.28. The Morgan fingerprint density at radius 3 is 2.37 bits per heavy atom. The van der Waals surface area contributed by atoms with E-state index in [2.05, 4.69) is 43.2 Å². The second-order valence-electron chi connectivity index (χ2n) is 7.15. The second kappa shape index (κ2) is 9.44. The number of rotatable bonds is 8. The van der Waals surface area contributed by atoms with Crippen LogP contribution in [0.3, 0.4) is 0 Å². The minimum absolute atomic E-state index is 0.316. The van der Waals surface area contributed by atoms with Crippen LogP contribution < -0.4 is 15.5 Å². The summed E-state index contributed by atoms with van der Waals surface area (Å²) in [7, 11) is 0. The molecule has 0 bridgehead atoms. The predicted octanol–water partition coefficient (Wildman–Crippen LogP) is 3.75. The second-order valence-corrected chi connectivity index (χ2v) is 7.15. The first kappa shape index (κ1) is 20.8. The van der Waals surface area contributed by atoms with Gasteiger partial charge in [-0.3, -0.25) is 0 Å². The average molecular weight is 373 g/mol. The maximum absolute atomic E-state index is 12.7. The molecule has 0 saturated heterocycles. The monoisotopic (exact) mass is 373 g/mol. The summed E-state index contributed by atoms with van der Waals surface area (Å²) in [5, 5.41) is 5.53. The molecule has 0 radical (unpaired) electrons. The van der Waals surface area contributed by atoms with E-state index in [1.807, 2.05) is 24.3 Å². The molecule has 1 aromatic rings. The number of carbonyl (C=O) groups is 2. The molecule has 1 aliphatic heterocycles. The fourth-order valence-corrected chi connectivity index (χ4v) is 3.15. The SMILES string of the molecule is CCN(CC)c1ccc(C2NC(=O)NC(C)=C2C(=O)OCCC(C)C)cc1. The van der Waals surface area contributed by atoms with Crippen LogP contribution in [-0.2, 0) is 9.53 Å². The third kappa shape index (κ3) is 5.25. The van der Waals surface area contributed by atoms with Crippen LogP contribution in [0.25, 0.3) is 0 Å². The Morgan fingerprint density at radius 1 is 1.19 bits per heavy atom. The van der Waals surface area contributed by atoms with Crippen LogP contribution in [0.4, 0.5) is 10.5 Å². The lowest BCUT2D eigenvalue weighted by atomic mass is 9.95. The summed E-state index contributed by atoms with van der Waals surface area (Å²) < 4.78 is 5.45. The minimum atomic E-state index is -0.518. The summed E-state index contributed by atoms with van der Waals surface area (Å²) in [5.41, 5.74) is 2.96. The standard InChI is InChI=1S/C21H31N3O3/c1-6-24(7-2)17-10-8-16(9-11-17)19-18(15(5)22-21(26)23-19)20(25)27-13-12-14(3)4/h8-11,14,19H,6-7,12-13H2,1-5H3,(H2,22,23,26). The number of urea groups is 1. The largest absolute Gasteiger partial charge is 0.462 e. The highest BCUT2D eigenvalue weighted by atomic mass is 16.5. The summed E-state index contributed by atoms with van der Waals surface area (Å²) in [4.78, 5) is 26.9. The normalized spacial score (nSPS) is 16.8. The van der Waals surface area contributed by atoms with Crippen LogP contribution >= 0.6 is 0 Å². The number of benzene rings is 1. The van der Waals surface area contributed by atoms with E-state index < -0.39 is 12.0 Å². The molecule has 1 aliphatic rings. The van der Waals surface area contributed by atoms with Gasteiger partial charge in [-0.1, -0.05) is 26.0 Å². The van der Waals surface area contributed by atoms with E-state index in [9.17, 15) is 9.59 Å². The fourth-order valence-electron chi connectivity index (χ4n) is 3.15. The molecule has 0 spiro atoms. The first-order valence-corrected chi connectivity index (χ1v) is 9.67. The van der Waals surface area contributed by atoms with Crippen LogP contribution in [0, 0.1) is 5.92 Å². The molecule has 2 N–H and O–H groups in total. The summed E-state index contributed by atoms with van der Waals surface area (Å²) in [6, 6.07) is 7.12. The zero-order chi connectivity index (χ0) is 20.0. The number of esters is 1. The molecule has 0 fully saturated rings. The highest BCUT2D eigenvalue weighted by molar-refractivity contribution is 5.95. The number of hydrogen-bond donors (Lipinski definition) is 2. The van der Waals surface area contributed by atoms with Crippen LogP contribution in [0.5, 0.6) is 0 Å². The van der Waals surface area contributed by atoms with Gasteiger partial charge in [0.05, 0.1) is 18.2 Å². The van der Waals surface area contributed by atoms with Crippen molar-refractivity contribution in [3.8, 4) is 0 Å². The van der Waals surface area contributed by atoms with Crippen LogP contribution in [-0.4, -0.2) is 31.7 Å². The van der Waals surface area contributed by atoms with E-state index in [0.717, 1.165) is 30.8 Å². The van der Waals surface area contributed by atoms with Crippen LogP contribution in [0.1, 0.15) is 52.6 Å². The zero-order valence-electron chi connectivity index (χ0n) is 17.0. The molecule has 0 aromatic heterocycles. The van der Waals surface area contributed by atoms with Crippen LogP contribution in [0.15, 0.2) is 35.5 Å². The lowest BCUT2D eigenvalue weighted by molar-refractivity contribution is -0.139. The zero-order valence-corrected chi connectivity index (χ0v) is 17.0. The molecule has 1 unspecified atom stereocenters. The molecule has 27 heavy (non-hydrogen) atoms.